The molecule has 10 heteroatoms. The SMILES string of the molecule is COC(=O)CN(c1cc(C)ccc1OC)S(=O)(=O)c1cc([N+](=O)[O-])ccc1C. The van der Waals surface area contributed by atoms with E-state index in [-0.39, 0.29) is 22.0 Å². The van der Waals surface area contributed by atoms with Crippen molar-refractivity contribution in [2.75, 3.05) is 25.1 Å². The molecule has 0 saturated carbocycles. The van der Waals surface area contributed by atoms with Crippen LogP contribution in [0.25, 0.3) is 0 Å². The van der Waals surface area contributed by atoms with Gasteiger partial charge in [-0.05, 0) is 37.1 Å². The predicted molar refractivity (Wildman–Crippen MR) is 102 cm³/mol. The number of carbonyl (C=O) groups is 1. The van der Waals surface area contributed by atoms with Crippen LogP contribution in [0.3, 0.4) is 0 Å². The van der Waals surface area contributed by atoms with E-state index in [9.17, 15) is 23.3 Å². The number of carbonyl (C=O) groups excluding carboxylic acids is 1. The summed E-state index contributed by atoms with van der Waals surface area (Å²) in [7, 11) is -1.84. The van der Waals surface area contributed by atoms with E-state index < -0.39 is 27.5 Å². The number of ether oxygens (including phenoxy) is 2. The van der Waals surface area contributed by atoms with Crippen LogP contribution in [0.15, 0.2) is 41.3 Å². The quantitative estimate of drug-likeness (QED) is 0.393. The molecule has 9 nitrogen and oxygen atoms in total. The first-order chi connectivity index (χ1) is 13.1. The monoisotopic (exact) mass is 408 g/mol. The molecule has 0 aliphatic rings. The minimum absolute atomic E-state index is 0.124. The highest BCUT2D eigenvalue weighted by Crippen LogP contribution is 2.35. The second-order valence-electron chi connectivity index (χ2n) is 5.97. The molecule has 0 bridgehead atoms. The first-order valence-corrected chi connectivity index (χ1v) is 9.55. The van der Waals surface area contributed by atoms with Gasteiger partial charge in [0.2, 0.25) is 0 Å². The fraction of sp³-hybridized carbons (Fsp3) is 0.278. The maximum atomic E-state index is 13.4. The van der Waals surface area contributed by atoms with Crippen LogP contribution in [0.2, 0.25) is 0 Å². The van der Waals surface area contributed by atoms with E-state index in [2.05, 4.69) is 4.74 Å². The summed E-state index contributed by atoms with van der Waals surface area (Å²) in [5.74, 6) is -0.573. The molecule has 0 spiro atoms. The lowest BCUT2D eigenvalue weighted by molar-refractivity contribution is -0.385. The van der Waals surface area contributed by atoms with E-state index in [0.29, 0.717) is 5.56 Å². The van der Waals surface area contributed by atoms with Crippen molar-refractivity contribution < 1.29 is 27.6 Å². The van der Waals surface area contributed by atoms with E-state index in [0.717, 1.165) is 23.0 Å². The molecule has 0 saturated heterocycles. The molecule has 28 heavy (non-hydrogen) atoms. The molecule has 0 radical (unpaired) electrons. The van der Waals surface area contributed by atoms with E-state index in [1.54, 1.807) is 25.1 Å². The number of nitro benzene ring substituents is 1. The Kier molecular flexibility index (Phi) is 6.24. The lowest BCUT2D eigenvalue weighted by Gasteiger charge is -2.26. The standard InChI is InChI=1S/C18H20N2O7S/c1-12-5-8-16(26-3)15(9-12)19(11-18(21)27-4)28(24,25)17-10-14(20(22)23)7-6-13(17)2/h5-10H,11H2,1-4H3. The van der Waals surface area contributed by atoms with Crippen LogP contribution >= 0.6 is 0 Å². The highest BCUT2D eigenvalue weighted by molar-refractivity contribution is 7.93. The number of esters is 1. The zero-order valence-corrected chi connectivity index (χ0v) is 16.6. The number of non-ortho nitro benzene ring substituents is 1. The Morgan fingerprint density at radius 1 is 1.14 bits per heavy atom. The molecule has 2 aromatic carbocycles. The van der Waals surface area contributed by atoms with Crippen LogP contribution in [-0.2, 0) is 19.6 Å². The normalized spacial score (nSPS) is 11.0. The van der Waals surface area contributed by atoms with Gasteiger partial charge in [0, 0.05) is 12.1 Å². The van der Waals surface area contributed by atoms with E-state index in [1.807, 2.05) is 0 Å². The maximum absolute atomic E-state index is 13.4. The van der Waals surface area contributed by atoms with Crippen LogP contribution in [0.4, 0.5) is 11.4 Å². The lowest BCUT2D eigenvalue weighted by atomic mass is 10.2. The van der Waals surface area contributed by atoms with Crippen molar-refractivity contribution in [3.05, 3.63) is 57.6 Å². The molecular formula is C18H20N2O7S. The Bertz CT molecular complexity index is 1020. The Balaban J connectivity index is 2.74. The van der Waals surface area contributed by atoms with E-state index in [1.165, 1.54) is 26.2 Å². The molecular weight excluding hydrogens is 388 g/mol. The molecule has 0 aliphatic heterocycles. The summed E-state index contributed by atoms with van der Waals surface area (Å²) in [5.41, 5.74) is 0.779. The minimum atomic E-state index is -4.35. The summed E-state index contributed by atoms with van der Waals surface area (Å²) in [6.45, 7) is 2.64. The fourth-order valence-corrected chi connectivity index (χ4v) is 4.23. The first kappa shape index (κ1) is 21.2. The number of anilines is 1. The molecule has 0 aromatic heterocycles. The van der Waals surface area contributed by atoms with Gasteiger partial charge in [0.05, 0.1) is 29.7 Å². The summed E-state index contributed by atoms with van der Waals surface area (Å²) in [6, 6.07) is 8.37. The van der Waals surface area contributed by atoms with Crippen LogP contribution < -0.4 is 9.04 Å². The van der Waals surface area contributed by atoms with Gasteiger partial charge in [-0.15, -0.1) is 0 Å². The van der Waals surface area contributed by atoms with Crippen LogP contribution in [-0.4, -0.2) is 40.1 Å². The molecule has 0 heterocycles. The third-order valence-corrected chi connectivity index (χ3v) is 5.96. The van der Waals surface area contributed by atoms with Gasteiger partial charge in [-0.3, -0.25) is 19.2 Å². The van der Waals surface area contributed by atoms with Crippen LogP contribution in [0.5, 0.6) is 5.75 Å². The molecule has 150 valence electrons. The summed E-state index contributed by atoms with van der Waals surface area (Å²) < 4.78 is 37.5. The molecule has 0 fully saturated rings. The number of nitro groups is 1. The van der Waals surface area contributed by atoms with Crippen molar-refractivity contribution in [1.82, 2.24) is 0 Å². The van der Waals surface area contributed by atoms with Gasteiger partial charge in [-0.25, -0.2) is 8.42 Å². The Morgan fingerprint density at radius 2 is 1.82 bits per heavy atom. The van der Waals surface area contributed by atoms with E-state index >= 15 is 0 Å². The summed E-state index contributed by atoms with van der Waals surface area (Å²) in [6.07, 6.45) is 0. The van der Waals surface area contributed by atoms with E-state index in [4.69, 9.17) is 4.74 Å². The van der Waals surface area contributed by atoms with Gasteiger partial charge >= 0.3 is 5.97 Å². The number of sulfonamides is 1. The van der Waals surface area contributed by atoms with Gasteiger partial charge in [0.1, 0.15) is 12.3 Å². The van der Waals surface area contributed by atoms with Crippen LogP contribution in [0, 0.1) is 24.0 Å². The first-order valence-electron chi connectivity index (χ1n) is 8.11. The average molecular weight is 408 g/mol. The summed E-state index contributed by atoms with van der Waals surface area (Å²) >= 11 is 0. The van der Waals surface area contributed by atoms with Gasteiger partial charge in [-0.1, -0.05) is 12.1 Å². The fourth-order valence-electron chi connectivity index (χ4n) is 2.58. The second kappa shape index (κ2) is 8.26. The minimum Gasteiger partial charge on any atom is -0.495 e. The summed E-state index contributed by atoms with van der Waals surface area (Å²) in [4.78, 5) is 22.1. The number of hydrogen-bond acceptors (Lipinski definition) is 7. The molecule has 2 aromatic rings. The lowest BCUT2D eigenvalue weighted by Crippen LogP contribution is -2.37. The largest absolute Gasteiger partial charge is 0.495 e. The highest BCUT2D eigenvalue weighted by Gasteiger charge is 2.32. The zero-order valence-electron chi connectivity index (χ0n) is 15.8. The number of methoxy groups -OCH3 is 2. The average Bonchev–Trinajstić information content (AvgIpc) is 2.65. The van der Waals surface area contributed by atoms with Gasteiger partial charge in [0.15, 0.2) is 0 Å². The predicted octanol–water partition coefficient (Wildman–Crippen LogP) is 2.59. The topological polar surface area (TPSA) is 116 Å². The summed E-state index contributed by atoms with van der Waals surface area (Å²) in [5, 5.41) is 11.1. The van der Waals surface area contributed by atoms with Gasteiger partial charge in [0.25, 0.3) is 15.7 Å². The van der Waals surface area contributed by atoms with Crippen molar-refractivity contribution in [3.63, 3.8) is 0 Å². The highest BCUT2D eigenvalue weighted by atomic mass is 32.2. The molecule has 0 N–H and O–H groups in total. The molecule has 0 amide bonds. The third kappa shape index (κ3) is 4.22. The Labute approximate surface area is 162 Å². The molecule has 0 unspecified atom stereocenters. The number of nitrogens with zero attached hydrogens (tertiary/aromatic N) is 2. The maximum Gasteiger partial charge on any atom is 0.326 e. The number of aryl methyl sites for hydroxylation is 2. The molecule has 2 rings (SSSR count). The van der Waals surface area contributed by atoms with Crippen LogP contribution in [0.1, 0.15) is 11.1 Å². The van der Waals surface area contributed by atoms with Gasteiger partial charge < -0.3 is 9.47 Å². The number of hydrogen-bond donors (Lipinski definition) is 0. The van der Waals surface area contributed by atoms with Crippen molar-refractivity contribution in [2.24, 2.45) is 0 Å². The Morgan fingerprint density at radius 3 is 2.39 bits per heavy atom. The number of benzene rings is 2. The van der Waals surface area contributed by atoms with Gasteiger partial charge in [-0.2, -0.15) is 0 Å². The molecule has 0 atom stereocenters. The second-order valence-corrected chi connectivity index (χ2v) is 7.80. The number of rotatable bonds is 7. The van der Waals surface area contributed by atoms with Crippen molar-refractivity contribution >= 4 is 27.4 Å². The van der Waals surface area contributed by atoms with Crippen molar-refractivity contribution in [2.45, 2.75) is 18.7 Å². The third-order valence-electron chi connectivity index (χ3n) is 4.05. The van der Waals surface area contributed by atoms with Crippen molar-refractivity contribution in [1.29, 1.82) is 0 Å². The smallest absolute Gasteiger partial charge is 0.326 e. The Hall–Kier alpha value is -3.14. The molecule has 0 aliphatic carbocycles. The van der Waals surface area contributed by atoms with Crippen molar-refractivity contribution in [3.8, 4) is 5.75 Å². The zero-order chi connectivity index (χ0) is 21.1.